The molecule has 244 valence electrons. The first kappa shape index (κ1) is 30.3. The lowest BCUT2D eigenvalue weighted by Gasteiger charge is -2.22. The lowest BCUT2D eigenvalue weighted by atomic mass is 9.88. The smallest absolute Gasteiger partial charge is 0.142 e. The minimum atomic E-state index is -0.00149. The van der Waals surface area contributed by atoms with Gasteiger partial charge in [-0.3, -0.25) is 0 Å². The monoisotopic (exact) mass is 650 g/mol. The summed E-state index contributed by atoms with van der Waals surface area (Å²) in [6.45, 7) is 11.5. The van der Waals surface area contributed by atoms with Crippen molar-refractivity contribution in [3.8, 4) is 62.3 Å². The SMILES string of the molecule is Cc1cc(-c2cc3cc(O)cc4c3c(c2C)C=C(/C=c2\cc3c(C)c(-c5cc(C)c(O)c(C)c5)oc5cc(O)cc(o2)c5-3)O4)cc(C)c1O. The molecule has 49 heavy (non-hydrogen) atoms. The zero-order valence-corrected chi connectivity index (χ0v) is 27.9. The van der Waals surface area contributed by atoms with E-state index in [1.165, 1.54) is 0 Å². The van der Waals surface area contributed by atoms with E-state index in [0.717, 1.165) is 77.5 Å². The minimum absolute atomic E-state index is 0.00149. The standard InChI is InChI=1S/C42H34O7/c1-19-7-25(8-20(2)40(19)45)32-12-26-11-28(43)13-35-38(26)33(23(32)5)17-30(47-35)16-31-18-34-24(6)42(27-9-21(3)41(46)22(4)10-27)49-37-15-29(44)14-36(48-31)39(34)37/h7-18,43-46H,1-6H3/b31-16+. The summed E-state index contributed by atoms with van der Waals surface area (Å²) in [7, 11) is 0. The molecule has 0 aliphatic carbocycles. The second-order valence-electron chi connectivity index (χ2n) is 13.2. The van der Waals surface area contributed by atoms with Crippen molar-refractivity contribution in [3.05, 3.63) is 111 Å². The Morgan fingerprint density at radius 3 is 1.82 bits per heavy atom. The zero-order chi connectivity index (χ0) is 34.5. The second kappa shape index (κ2) is 10.7. The van der Waals surface area contributed by atoms with Crippen LogP contribution in [0.15, 0.2) is 75.3 Å². The molecule has 3 aliphatic heterocycles. The fraction of sp³-hybridized carbons (Fsp3) is 0.143. The van der Waals surface area contributed by atoms with Crippen LogP contribution in [-0.2, 0) is 0 Å². The highest BCUT2D eigenvalue weighted by molar-refractivity contribution is 6.03. The fourth-order valence-corrected chi connectivity index (χ4v) is 7.21. The van der Waals surface area contributed by atoms with E-state index in [0.29, 0.717) is 33.9 Å². The fourth-order valence-electron chi connectivity index (χ4n) is 7.21. The van der Waals surface area contributed by atoms with Crippen LogP contribution in [0.2, 0.25) is 0 Å². The van der Waals surface area contributed by atoms with Crippen molar-refractivity contribution in [2.24, 2.45) is 0 Å². The summed E-state index contributed by atoms with van der Waals surface area (Å²) in [5.41, 5.74) is 11.7. The lowest BCUT2D eigenvalue weighted by molar-refractivity contribution is 0.442. The maximum absolute atomic E-state index is 10.7. The van der Waals surface area contributed by atoms with Crippen molar-refractivity contribution in [2.75, 3.05) is 0 Å². The molecular formula is C42H34O7. The van der Waals surface area contributed by atoms with E-state index in [1.807, 2.05) is 77.1 Å². The third-order valence-corrected chi connectivity index (χ3v) is 9.64. The third kappa shape index (κ3) is 4.80. The van der Waals surface area contributed by atoms with Gasteiger partial charge in [0, 0.05) is 40.8 Å². The number of allylic oxidation sites excluding steroid dienone is 1. The van der Waals surface area contributed by atoms with Gasteiger partial charge in [-0.05, 0) is 146 Å². The Morgan fingerprint density at radius 2 is 1.16 bits per heavy atom. The molecule has 0 radical (unpaired) electrons. The second-order valence-corrected chi connectivity index (χ2v) is 13.2. The molecule has 7 heteroatoms. The van der Waals surface area contributed by atoms with Crippen LogP contribution in [0.1, 0.15) is 38.9 Å². The minimum Gasteiger partial charge on any atom is -0.508 e. The van der Waals surface area contributed by atoms with Crippen LogP contribution in [0, 0.1) is 41.5 Å². The van der Waals surface area contributed by atoms with Crippen LogP contribution in [0.25, 0.3) is 67.7 Å². The van der Waals surface area contributed by atoms with Crippen LogP contribution in [0.3, 0.4) is 0 Å². The molecule has 0 amide bonds. The summed E-state index contributed by atoms with van der Waals surface area (Å²) in [4.78, 5) is 0. The van der Waals surface area contributed by atoms with Gasteiger partial charge in [-0.1, -0.05) is 0 Å². The van der Waals surface area contributed by atoms with E-state index in [9.17, 15) is 20.4 Å². The highest BCUT2D eigenvalue weighted by Gasteiger charge is 2.24. The van der Waals surface area contributed by atoms with Crippen molar-refractivity contribution in [1.29, 1.82) is 0 Å². The van der Waals surface area contributed by atoms with Crippen molar-refractivity contribution >= 4 is 34.1 Å². The van der Waals surface area contributed by atoms with Crippen LogP contribution in [-0.4, -0.2) is 20.4 Å². The largest absolute Gasteiger partial charge is 0.508 e. The molecule has 0 unspecified atom stereocenters. The summed E-state index contributed by atoms with van der Waals surface area (Å²) in [6.07, 6.45) is 3.78. The number of ether oxygens (including phenoxy) is 1. The highest BCUT2D eigenvalue weighted by atomic mass is 16.5. The molecule has 0 saturated heterocycles. The molecule has 7 nitrogen and oxygen atoms in total. The molecule has 5 aromatic rings. The van der Waals surface area contributed by atoms with Crippen molar-refractivity contribution in [1.82, 2.24) is 0 Å². The number of hydrogen-bond donors (Lipinski definition) is 4. The topological polar surface area (TPSA) is 116 Å². The maximum atomic E-state index is 10.7. The van der Waals surface area contributed by atoms with Gasteiger partial charge >= 0.3 is 0 Å². The van der Waals surface area contributed by atoms with E-state index in [1.54, 1.807) is 30.3 Å². The Balaban J connectivity index is 1.35. The number of phenols is 4. The molecule has 8 rings (SSSR count). The van der Waals surface area contributed by atoms with Gasteiger partial charge < -0.3 is 34.0 Å². The Labute approximate surface area is 282 Å². The first-order chi connectivity index (χ1) is 23.4. The quantitative estimate of drug-likeness (QED) is 0.150. The van der Waals surface area contributed by atoms with Crippen LogP contribution in [0.5, 0.6) is 28.7 Å². The first-order valence-electron chi connectivity index (χ1n) is 16.0. The van der Waals surface area contributed by atoms with Gasteiger partial charge in [-0.25, -0.2) is 0 Å². The molecule has 0 atom stereocenters. The third-order valence-electron chi connectivity index (χ3n) is 9.64. The molecule has 0 saturated carbocycles. The van der Waals surface area contributed by atoms with E-state index >= 15 is 0 Å². The number of benzene rings is 5. The Bertz CT molecular complexity index is 2580. The average Bonchev–Trinajstić information content (AvgIpc) is 3.04. The van der Waals surface area contributed by atoms with E-state index in [-0.39, 0.29) is 23.0 Å². The van der Waals surface area contributed by atoms with Gasteiger partial charge in [0.1, 0.15) is 56.8 Å². The summed E-state index contributed by atoms with van der Waals surface area (Å²) >= 11 is 0. The van der Waals surface area contributed by atoms with Crippen molar-refractivity contribution in [3.63, 3.8) is 0 Å². The molecular weight excluding hydrogens is 616 g/mol. The molecule has 4 N–H and O–H groups in total. The predicted molar refractivity (Wildman–Crippen MR) is 192 cm³/mol. The van der Waals surface area contributed by atoms with Gasteiger partial charge in [-0.2, -0.15) is 0 Å². The molecule has 0 fully saturated rings. The Hall–Kier alpha value is -6.08. The highest BCUT2D eigenvalue weighted by Crippen LogP contribution is 2.45. The Kier molecular flexibility index (Phi) is 6.62. The summed E-state index contributed by atoms with van der Waals surface area (Å²) < 4.78 is 19.1. The van der Waals surface area contributed by atoms with Gasteiger partial charge in [0.05, 0.1) is 5.56 Å². The zero-order valence-electron chi connectivity index (χ0n) is 27.9. The van der Waals surface area contributed by atoms with Gasteiger partial charge in [-0.15, -0.1) is 0 Å². The van der Waals surface area contributed by atoms with Crippen molar-refractivity contribution < 1.29 is 34.0 Å². The first-order valence-corrected chi connectivity index (χ1v) is 16.0. The van der Waals surface area contributed by atoms with Gasteiger partial charge in [0.15, 0.2) is 0 Å². The molecule has 5 aromatic carbocycles. The molecule has 0 bridgehead atoms. The Morgan fingerprint density at radius 1 is 0.571 bits per heavy atom. The molecule has 3 heterocycles. The van der Waals surface area contributed by atoms with Crippen LogP contribution < -0.4 is 10.2 Å². The molecule has 0 spiro atoms. The molecule has 3 aliphatic rings. The number of aromatic hydroxyl groups is 4. The number of phenolic OH excluding ortho intramolecular Hbond substituents is 4. The van der Waals surface area contributed by atoms with E-state index < -0.39 is 0 Å². The summed E-state index contributed by atoms with van der Waals surface area (Å²) in [5.74, 6) is 2.26. The van der Waals surface area contributed by atoms with E-state index in [2.05, 4.69) is 6.92 Å². The number of hydrogen-bond acceptors (Lipinski definition) is 7. The van der Waals surface area contributed by atoms with Crippen LogP contribution >= 0.6 is 0 Å². The van der Waals surface area contributed by atoms with Crippen LogP contribution in [0.4, 0.5) is 0 Å². The average molecular weight is 651 g/mol. The van der Waals surface area contributed by atoms with Gasteiger partial charge in [0.25, 0.3) is 0 Å². The molecule has 0 aromatic heterocycles. The van der Waals surface area contributed by atoms with Gasteiger partial charge in [0.2, 0.25) is 0 Å². The number of rotatable bonds is 3. The van der Waals surface area contributed by atoms with E-state index in [4.69, 9.17) is 13.6 Å². The summed E-state index contributed by atoms with van der Waals surface area (Å²) in [5, 5.41) is 43.9. The normalized spacial score (nSPS) is 13.0. The lowest BCUT2D eigenvalue weighted by Crippen LogP contribution is -2.09. The summed E-state index contributed by atoms with van der Waals surface area (Å²) in [6, 6.07) is 18.2. The number of aryl methyl sites for hydroxylation is 4. The van der Waals surface area contributed by atoms with Crippen molar-refractivity contribution in [2.45, 2.75) is 41.5 Å². The predicted octanol–water partition coefficient (Wildman–Crippen LogP) is 9.79. The maximum Gasteiger partial charge on any atom is 0.142 e.